The summed E-state index contributed by atoms with van der Waals surface area (Å²) in [7, 11) is 0. The van der Waals surface area contributed by atoms with Gasteiger partial charge < -0.3 is 10.2 Å². The van der Waals surface area contributed by atoms with Crippen LogP contribution in [0.2, 0.25) is 0 Å². The van der Waals surface area contributed by atoms with Crippen molar-refractivity contribution in [1.29, 1.82) is 0 Å². The molecule has 2 fully saturated rings. The molecule has 0 bridgehead atoms. The summed E-state index contributed by atoms with van der Waals surface area (Å²) in [6.45, 7) is 12.1. The summed E-state index contributed by atoms with van der Waals surface area (Å²) in [5, 5.41) is 6.90. The molecule has 0 unspecified atom stereocenters. The Kier molecular flexibility index (Phi) is 4.02. The number of nitrogens with one attached hydrogen (secondary N) is 1. The first-order chi connectivity index (χ1) is 9.51. The molecule has 0 spiro atoms. The van der Waals surface area contributed by atoms with Crippen molar-refractivity contribution in [2.24, 2.45) is 0 Å². The number of nitrogens with zero attached hydrogens (tertiary/aromatic N) is 3. The topological polar surface area (TPSA) is 31.4 Å². The lowest BCUT2D eigenvalue weighted by Crippen LogP contribution is -2.47. The fraction of sp³-hybridized carbons (Fsp3) is 0.800. The lowest BCUT2D eigenvalue weighted by atomic mass is 10.1. The molecule has 5 heteroatoms. The van der Waals surface area contributed by atoms with Gasteiger partial charge in [0.2, 0.25) is 0 Å². The molecular weight excluding hydrogens is 268 g/mol. The van der Waals surface area contributed by atoms with E-state index in [-0.39, 0.29) is 5.54 Å². The van der Waals surface area contributed by atoms with Crippen molar-refractivity contribution in [2.45, 2.75) is 51.7 Å². The molecule has 3 rings (SSSR count). The second-order valence-corrected chi connectivity index (χ2v) is 7.82. The van der Waals surface area contributed by atoms with Gasteiger partial charge in [0.15, 0.2) is 5.13 Å². The monoisotopic (exact) mass is 294 g/mol. The maximum atomic E-state index is 4.79. The molecule has 1 aromatic heterocycles. The third kappa shape index (κ3) is 3.71. The van der Waals surface area contributed by atoms with Crippen LogP contribution in [0.1, 0.15) is 39.3 Å². The fourth-order valence-corrected chi connectivity index (χ4v) is 3.48. The predicted octanol–water partition coefficient (Wildman–Crippen LogP) is 2.32. The summed E-state index contributed by atoms with van der Waals surface area (Å²) in [6.07, 6.45) is 2.83. The van der Waals surface area contributed by atoms with Gasteiger partial charge in [0.1, 0.15) is 0 Å². The Morgan fingerprint density at radius 2 is 1.95 bits per heavy atom. The van der Waals surface area contributed by atoms with Gasteiger partial charge in [0.25, 0.3) is 0 Å². The van der Waals surface area contributed by atoms with E-state index in [1.165, 1.54) is 36.8 Å². The van der Waals surface area contributed by atoms with Crippen LogP contribution in [0, 0.1) is 0 Å². The summed E-state index contributed by atoms with van der Waals surface area (Å²) in [4.78, 5) is 9.88. The van der Waals surface area contributed by atoms with E-state index in [1.54, 1.807) is 11.3 Å². The van der Waals surface area contributed by atoms with Gasteiger partial charge in [-0.3, -0.25) is 4.90 Å². The summed E-state index contributed by atoms with van der Waals surface area (Å²) >= 11 is 1.79. The van der Waals surface area contributed by atoms with E-state index in [4.69, 9.17) is 4.98 Å². The first-order valence-corrected chi connectivity index (χ1v) is 8.58. The number of thiazole rings is 1. The second kappa shape index (κ2) is 5.62. The van der Waals surface area contributed by atoms with Gasteiger partial charge in [0.05, 0.1) is 5.69 Å². The molecular formula is C15H26N4S. The minimum absolute atomic E-state index is 0.152. The van der Waals surface area contributed by atoms with Gasteiger partial charge in [-0.05, 0) is 33.6 Å². The summed E-state index contributed by atoms with van der Waals surface area (Å²) in [5.41, 5.74) is 1.32. The maximum Gasteiger partial charge on any atom is 0.185 e. The molecule has 20 heavy (non-hydrogen) atoms. The Hall–Kier alpha value is -0.650. The molecule has 0 atom stereocenters. The molecule has 0 amide bonds. The van der Waals surface area contributed by atoms with Crippen LogP contribution < -0.4 is 10.2 Å². The lowest BCUT2D eigenvalue weighted by Gasteiger charge is -2.34. The SMILES string of the molecule is CC(C)(C)NCc1csc(N2CCN(C3CC3)CC2)n1. The summed E-state index contributed by atoms with van der Waals surface area (Å²) < 4.78 is 0. The van der Waals surface area contributed by atoms with Crippen molar-refractivity contribution in [2.75, 3.05) is 31.1 Å². The third-order valence-electron chi connectivity index (χ3n) is 3.99. The largest absolute Gasteiger partial charge is 0.346 e. The van der Waals surface area contributed by atoms with Crippen molar-refractivity contribution < 1.29 is 0 Å². The van der Waals surface area contributed by atoms with Gasteiger partial charge in [-0.15, -0.1) is 11.3 Å². The van der Waals surface area contributed by atoms with Crippen LogP contribution in [0.5, 0.6) is 0 Å². The van der Waals surface area contributed by atoms with Crippen molar-refractivity contribution in [3.05, 3.63) is 11.1 Å². The zero-order valence-corrected chi connectivity index (χ0v) is 13.7. The molecule has 0 aromatic carbocycles. The number of hydrogen-bond acceptors (Lipinski definition) is 5. The van der Waals surface area contributed by atoms with E-state index in [1.807, 2.05) is 0 Å². The fourth-order valence-electron chi connectivity index (χ4n) is 2.60. The number of piperazine rings is 1. The maximum absolute atomic E-state index is 4.79. The highest BCUT2D eigenvalue weighted by atomic mass is 32.1. The van der Waals surface area contributed by atoms with E-state index < -0.39 is 0 Å². The smallest absolute Gasteiger partial charge is 0.185 e. The number of aromatic nitrogens is 1. The molecule has 2 heterocycles. The number of rotatable bonds is 4. The van der Waals surface area contributed by atoms with E-state index in [2.05, 4.69) is 41.3 Å². The normalized spacial score (nSPS) is 21.4. The quantitative estimate of drug-likeness (QED) is 0.923. The van der Waals surface area contributed by atoms with Crippen LogP contribution in [-0.2, 0) is 6.54 Å². The summed E-state index contributed by atoms with van der Waals surface area (Å²) in [5.74, 6) is 0. The molecule has 4 nitrogen and oxygen atoms in total. The lowest BCUT2D eigenvalue weighted by molar-refractivity contribution is 0.248. The standard InChI is InChI=1S/C15H26N4S/c1-15(2,3)16-10-12-11-20-14(17-12)19-8-6-18(7-9-19)13-4-5-13/h11,13,16H,4-10H2,1-3H3. The molecule has 1 aliphatic heterocycles. The highest BCUT2D eigenvalue weighted by molar-refractivity contribution is 7.13. The van der Waals surface area contributed by atoms with E-state index in [0.29, 0.717) is 0 Å². The average Bonchev–Trinajstić information content (AvgIpc) is 3.15. The van der Waals surface area contributed by atoms with Crippen LogP contribution in [-0.4, -0.2) is 47.6 Å². The highest BCUT2D eigenvalue weighted by Gasteiger charge is 2.31. The average molecular weight is 294 g/mol. The van der Waals surface area contributed by atoms with E-state index in [9.17, 15) is 0 Å². The first-order valence-electron chi connectivity index (χ1n) is 7.70. The van der Waals surface area contributed by atoms with Gasteiger partial charge in [-0.1, -0.05) is 0 Å². The Morgan fingerprint density at radius 3 is 2.55 bits per heavy atom. The molecule has 1 aromatic rings. The van der Waals surface area contributed by atoms with Crippen molar-refractivity contribution in [3.63, 3.8) is 0 Å². The summed E-state index contributed by atoms with van der Waals surface area (Å²) in [6, 6.07) is 0.903. The molecule has 1 saturated heterocycles. The van der Waals surface area contributed by atoms with Gasteiger partial charge in [-0.2, -0.15) is 0 Å². The Bertz CT molecular complexity index is 439. The van der Waals surface area contributed by atoms with Crippen molar-refractivity contribution in [3.8, 4) is 0 Å². The molecule has 0 radical (unpaired) electrons. The second-order valence-electron chi connectivity index (χ2n) is 6.98. The zero-order valence-electron chi connectivity index (χ0n) is 12.9. The minimum Gasteiger partial charge on any atom is -0.346 e. The third-order valence-corrected chi connectivity index (χ3v) is 4.94. The van der Waals surface area contributed by atoms with E-state index >= 15 is 0 Å². The Morgan fingerprint density at radius 1 is 1.25 bits per heavy atom. The van der Waals surface area contributed by atoms with Gasteiger partial charge in [0, 0.05) is 49.7 Å². The van der Waals surface area contributed by atoms with Crippen LogP contribution in [0.25, 0.3) is 0 Å². The molecule has 1 N–H and O–H groups in total. The molecule has 1 saturated carbocycles. The predicted molar refractivity (Wildman–Crippen MR) is 85.5 cm³/mol. The Labute approximate surface area is 126 Å². The first kappa shape index (κ1) is 14.3. The highest BCUT2D eigenvalue weighted by Crippen LogP contribution is 2.29. The van der Waals surface area contributed by atoms with E-state index in [0.717, 1.165) is 25.7 Å². The Balaban J connectivity index is 1.51. The molecule has 2 aliphatic rings. The molecule has 1 aliphatic carbocycles. The van der Waals surface area contributed by atoms with Gasteiger partial charge in [-0.25, -0.2) is 4.98 Å². The number of hydrogen-bond donors (Lipinski definition) is 1. The van der Waals surface area contributed by atoms with Crippen LogP contribution in [0.4, 0.5) is 5.13 Å². The van der Waals surface area contributed by atoms with Crippen molar-refractivity contribution >= 4 is 16.5 Å². The molecule has 112 valence electrons. The van der Waals surface area contributed by atoms with Crippen LogP contribution in [0.15, 0.2) is 5.38 Å². The van der Waals surface area contributed by atoms with Gasteiger partial charge >= 0.3 is 0 Å². The minimum atomic E-state index is 0.152. The van der Waals surface area contributed by atoms with Crippen LogP contribution >= 0.6 is 11.3 Å². The van der Waals surface area contributed by atoms with Crippen molar-refractivity contribution in [1.82, 2.24) is 15.2 Å². The number of anilines is 1. The van der Waals surface area contributed by atoms with Crippen LogP contribution in [0.3, 0.4) is 0 Å². The zero-order chi connectivity index (χ0) is 14.2.